The summed E-state index contributed by atoms with van der Waals surface area (Å²) in [5.41, 5.74) is 11.1. The molecule has 0 fully saturated rings. The lowest BCUT2D eigenvalue weighted by Gasteiger charge is -2.07. The molecule has 5 aromatic rings. The van der Waals surface area contributed by atoms with E-state index < -0.39 is 0 Å². The molecular weight excluding hydrogens is 508 g/mol. The molecule has 42 heavy (non-hydrogen) atoms. The quantitative estimate of drug-likeness (QED) is 0.0778. The number of hydrogen-bond donors (Lipinski definition) is 0. The number of hydrogen-bond acceptors (Lipinski definition) is 2. The Morgan fingerprint density at radius 3 is 1.29 bits per heavy atom. The first kappa shape index (κ1) is 29.5. The number of benzene rings is 4. The lowest BCUT2D eigenvalue weighted by molar-refractivity contribution is 0.667. The van der Waals surface area contributed by atoms with E-state index in [4.69, 9.17) is 9.97 Å². The molecule has 0 spiro atoms. The molecule has 0 bridgehead atoms. The van der Waals surface area contributed by atoms with Gasteiger partial charge in [0.05, 0.1) is 22.1 Å². The van der Waals surface area contributed by atoms with Crippen molar-refractivity contribution in [2.45, 2.75) is 78.1 Å². The van der Waals surface area contributed by atoms with Crippen LogP contribution in [0, 0.1) is 0 Å². The lowest BCUT2D eigenvalue weighted by Crippen LogP contribution is -1.92. The van der Waals surface area contributed by atoms with Crippen LogP contribution in [-0.2, 0) is 12.8 Å². The number of para-hydroxylation sites is 2. The van der Waals surface area contributed by atoms with E-state index in [0.717, 1.165) is 33.2 Å². The van der Waals surface area contributed by atoms with Crippen molar-refractivity contribution in [1.82, 2.24) is 9.97 Å². The Balaban J connectivity index is 1.31. The van der Waals surface area contributed by atoms with Crippen LogP contribution in [0.4, 0.5) is 0 Å². The van der Waals surface area contributed by atoms with Crippen molar-refractivity contribution in [3.8, 4) is 0 Å². The second kappa shape index (κ2) is 15.3. The number of aryl methyl sites for hydroxylation is 2. The van der Waals surface area contributed by atoms with E-state index in [9.17, 15) is 0 Å². The van der Waals surface area contributed by atoms with Gasteiger partial charge in [-0.3, -0.25) is 0 Å². The third-order valence-corrected chi connectivity index (χ3v) is 8.06. The van der Waals surface area contributed by atoms with Crippen molar-refractivity contribution >= 4 is 46.4 Å². The van der Waals surface area contributed by atoms with Crippen LogP contribution < -0.4 is 0 Å². The summed E-state index contributed by atoms with van der Waals surface area (Å²) in [5.74, 6) is 0. The maximum absolute atomic E-state index is 5.07. The summed E-state index contributed by atoms with van der Waals surface area (Å²) in [6.07, 6.45) is 21.4. The van der Waals surface area contributed by atoms with Gasteiger partial charge >= 0.3 is 0 Å². The first-order chi connectivity index (χ1) is 20.7. The van der Waals surface area contributed by atoms with Crippen molar-refractivity contribution in [1.29, 1.82) is 0 Å². The van der Waals surface area contributed by atoms with Gasteiger partial charge in [-0.1, -0.05) is 149 Å². The van der Waals surface area contributed by atoms with Crippen LogP contribution in [0.25, 0.3) is 46.4 Å². The van der Waals surface area contributed by atoms with Crippen LogP contribution in [0.15, 0.2) is 84.9 Å². The summed E-state index contributed by atoms with van der Waals surface area (Å²) >= 11 is 0. The largest absolute Gasteiger partial charge is 0.244 e. The van der Waals surface area contributed by atoms with Crippen molar-refractivity contribution in [3.05, 3.63) is 118 Å². The first-order valence-corrected chi connectivity index (χ1v) is 16.0. The zero-order chi connectivity index (χ0) is 29.0. The van der Waals surface area contributed by atoms with Gasteiger partial charge in [0.2, 0.25) is 0 Å². The van der Waals surface area contributed by atoms with Crippen molar-refractivity contribution in [3.63, 3.8) is 0 Å². The molecule has 0 unspecified atom stereocenters. The summed E-state index contributed by atoms with van der Waals surface area (Å²) < 4.78 is 0. The molecule has 0 saturated heterocycles. The summed E-state index contributed by atoms with van der Waals surface area (Å²) in [6, 6.07) is 30.5. The number of nitrogens with zero attached hydrogens (tertiary/aromatic N) is 2. The van der Waals surface area contributed by atoms with Crippen LogP contribution in [0.5, 0.6) is 0 Å². The Kier molecular flexibility index (Phi) is 10.7. The van der Waals surface area contributed by atoms with Gasteiger partial charge in [0.15, 0.2) is 0 Å². The molecule has 0 aliphatic heterocycles. The molecule has 1 heterocycles. The van der Waals surface area contributed by atoms with Crippen LogP contribution >= 0.6 is 0 Å². The Bertz CT molecular complexity index is 1500. The molecule has 0 aliphatic rings. The minimum atomic E-state index is 0.917. The average Bonchev–Trinajstić information content (AvgIpc) is 3.03. The molecule has 0 atom stereocenters. The smallest absolute Gasteiger partial charge is 0.0966 e. The first-order valence-electron chi connectivity index (χ1n) is 16.0. The van der Waals surface area contributed by atoms with Crippen LogP contribution in [0.3, 0.4) is 0 Å². The van der Waals surface area contributed by atoms with E-state index in [-0.39, 0.29) is 0 Å². The van der Waals surface area contributed by atoms with Crippen molar-refractivity contribution in [2.75, 3.05) is 0 Å². The van der Waals surface area contributed by atoms with E-state index in [2.05, 4.69) is 123 Å². The zero-order valence-electron chi connectivity index (χ0n) is 25.4. The standard InChI is InChI=1S/C40H44N2/c1-3-5-7-9-13-31-19-23-33(24-20-31)27-29-35-15-11-17-37-39(35)41-38-18-12-16-36(40(38)42-37)30-28-34-25-21-32(22-26-34)14-10-8-6-4-2/h11-12,15-30H,3-10,13-14H2,1-2H3. The summed E-state index contributed by atoms with van der Waals surface area (Å²) in [4.78, 5) is 10.1. The maximum atomic E-state index is 5.07. The number of rotatable bonds is 14. The van der Waals surface area contributed by atoms with E-state index >= 15 is 0 Å². The summed E-state index contributed by atoms with van der Waals surface area (Å²) in [6.45, 7) is 4.52. The molecule has 0 radical (unpaired) electrons. The van der Waals surface area contributed by atoms with E-state index in [1.807, 2.05) is 0 Å². The fourth-order valence-electron chi connectivity index (χ4n) is 5.51. The van der Waals surface area contributed by atoms with E-state index in [1.54, 1.807) is 0 Å². The highest BCUT2D eigenvalue weighted by Crippen LogP contribution is 2.25. The lowest BCUT2D eigenvalue weighted by atomic mass is 10.0. The predicted octanol–water partition coefficient (Wildman–Crippen LogP) is 11.4. The topological polar surface area (TPSA) is 25.8 Å². The van der Waals surface area contributed by atoms with Gasteiger partial charge < -0.3 is 0 Å². The number of aromatic nitrogens is 2. The second-order valence-corrected chi connectivity index (χ2v) is 11.4. The molecule has 0 saturated carbocycles. The molecule has 4 aromatic carbocycles. The van der Waals surface area contributed by atoms with Gasteiger partial charge in [-0.05, 0) is 60.1 Å². The molecule has 0 aliphatic carbocycles. The summed E-state index contributed by atoms with van der Waals surface area (Å²) in [7, 11) is 0. The zero-order valence-corrected chi connectivity index (χ0v) is 25.4. The Morgan fingerprint density at radius 2 is 0.881 bits per heavy atom. The van der Waals surface area contributed by atoms with Crippen molar-refractivity contribution in [2.24, 2.45) is 0 Å². The van der Waals surface area contributed by atoms with Gasteiger partial charge in [-0.2, -0.15) is 0 Å². The second-order valence-electron chi connectivity index (χ2n) is 11.4. The van der Waals surface area contributed by atoms with Gasteiger partial charge in [0.25, 0.3) is 0 Å². The fraction of sp³-hybridized carbons (Fsp3) is 0.300. The molecule has 214 valence electrons. The minimum Gasteiger partial charge on any atom is -0.244 e. The molecule has 2 heteroatoms. The molecular formula is C40H44N2. The van der Waals surface area contributed by atoms with Gasteiger partial charge in [0.1, 0.15) is 0 Å². The monoisotopic (exact) mass is 552 g/mol. The highest BCUT2D eigenvalue weighted by molar-refractivity contribution is 5.96. The predicted molar refractivity (Wildman–Crippen MR) is 183 cm³/mol. The highest BCUT2D eigenvalue weighted by Gasteiger charge is 2.07. The van der Waals surface area contributed by atoms with Gasteiger partial charge in [-0.25, -0.2) is 9.97 Å². The molecule has 0 amide bonds. The molecule has 1 aromatic heterocycles. The van der Waals surface area contributed by atoms with Crippen LogP contribution in [0.2, 0.25) is 0 Å². The van der Waals surface area contributed by atoms with Gasteiger partial charge in [-0.15, -0.1) is 0 Å². The van der Waals surface area contributed by atoms with E-state index in [0.29, 0.717) is 0 Å². The van der Waals surface area contributed by atoms with Crippen LogP contribution in [0.1, 0.15) is 98.6 Å². The van der Waals surface area contributed by atoms with Crippen molar-refractivity contribution < 1.29 is 0 Å². The number of fused-ring (bicyclic) bond motifs is 2. The van der Waals surface area contributed by atoms with Crippen LogP contribution in [-0.4, -0.2) is 9.97 Å². The Hall–Kier alpha value is -4.04. The molecule has 5 rings (SSSR count). The minimum absolute atomic E-state index is 0.917. The molecule has 0 N–H and O–H groups in total. The maximum Gasteiger partial charge on any atom is 0.0966 e. The highest BCUT2D eigenvalue weighted by atomic mass is 14.8. The third kappa shape index (κ3) is 8.03. The number of unbranched alkanes of at least 4 members (excludes halogenated alkanes) is 6. The Morgan fingerprint density at radius 1 is 0.452 bits per heavy atom. The average molecular weight is 553 g/mol. The Labute approximate surface area is 252 Å². The summed E-state index contributed by atoms with van der Waals surface area (Å²) in [5, 5.41) is 0. The molecule has 2 nitrogen and oxygen atoms in total. The normalized spacial score (nSPS) is 11.9. The SMILES string of the molecule is CCCCCCc1ccc(C=Cc2cccc3nc4c(C=Cc5ccc(CCCCCC)cc5)cccc4nc23)cc1. The van der Waals surface area contributed by atoms with Gasteiger partial charge in [0, 0.05) is 11.1 Å². The fourth-order valence-corrected chi connectivity index (χ4v) is 5.51. The van der Waals surface area contributed by atoms with E-state index in [1.165, 1.54) is 86.5 Å². The third-order valence-electron chi connectivity index (χ3n) is 8.06.